The maximum atomic E-state index is 4.72. The number of hydrogen-bond donors (Lipinski definition) is 1. The van der Waals surface area contributed by atoms with E-state index in [1.807, 2.05) is 11.3 Å². The highest BCUT2D eigenvalue weighted by Gasteiger charge is 2.24. The quantitative estimate of drug-likeness (QED) is 0.821. The molecule has 0 radical (unpaired) electrons. The maximum absolute atomic E-state index is 4.72. The van der Waals surface area contributed by atoms with Gasteiger partial charge in [0, 0.05) is 24.5 Å². The predicted molar refractivity (Wildman–Crippen MR) is 79.6 cm³/mol. The van der Waals surface area contributed by atoms with E-state index in [4.69, 9.17) is 4.98 Å². The zero-order chi connectivity index (χ0) is 13.1. The summed E-state index contributed by atoms with van der Waals surface area (Å²) in [5, 5.41) is 4.73. The van der Waals surface area contributed by atoms with Gasteiger partial charge in [-0.2, -0.15) is 0 Å². The fraction of sp³-hybridized carbons (Fsp3) is 0.786. The molecule has 1 aliphatic carbocycles. The van der Waals surface area contributed by atoms with Crippen molar-refractivity contribution in [2.75, 3.05) is 25.0 Å². The molecular weight excluding hydrogens is 242 g/mol. The van der Waals surface area contributed by atoms with Crippen molar-refractivity contribution in [3.8, 4) is 0 Å². The topological polar surface area (TPSA) is 28.2 Å². The SMILES string of the molecule is CCCNC(C)c1sc(N(C)CC2CC2)nc1C. The van der Waals surface area contributed by atoms with Gasteiger partial charge in [0.15, 0.2) is 5.13 Å². The van der Waals surface area contributed by atoms with Crippen LogP contribution >= 0.6 is 11.3 Å². The summed E-state index contributed by atoms with van der Waals surface area (Å²) in [4.78, 5) is 8.44. The minimum Gasteiger partial charge on any atom is -0.351 e. The van der Waals surface area contributed by atoms with Crippen molar-refractivity contribution in [3.05, 3.63) is 10.6 Å². The first-order valence-electron chi connectivity index (χ1n) is 7.03. The molecule has 1 heterocycles. The van der Waals surface area contributed by atoms with Gasteiger partial charge in [-0.25, -0.2) is 4.98 Å². The second-order valence-electron chi connectivity index (χ2n) is 5.45. The van der Waals surface area contributed by atoms with Crippen LogP contribution in [0, 0.1) is 12.8 Å². The maximum Gasteiger partial charge on any atom is 0.185 e. The summed E-state index contributed by atoms with van der Waals surface area (Å²) < 4.78 is 0. The molecule has 1 aromatic heterocycles. The van der Waals surface area contributed by atoms with Crippen LogP contribution in [0.1, 0.15) is 49.7 Å². The Hall–Kier alpha value is -0.610. The fourth-order valence-corrected chi connectivity index (χ4v) is 3.24. The van der Waals surface area contributed by atoms with Crippen LogP contribution in [0.15, 0.2) is 0 Å². The van der Waals surface area contributed by atoms with Crippen molar-refractivity contribution in [2.24, 2.45) is 5.92 Å². The third-order valence-electron chi connectivity index (χ3n) is 3.47. The monoisotopic (exact) mass is 267 g/mol. The number of aryl methyl sites for hydroxylation is 1. The van der Waals surface area contributed by atoms with Crippen LogP contribution in [0.5, 0.6) is 0 Å². The number of aromatic nitrogens is 1. The highest BCUT2D eigenvalue weighted by Crippen LogP contribution is 2.34. The number of rotatable bonds is 7. The average molecular weight is 267 g/mol. The van der Waals surface area contributed by atoms with E-state index in [0.717, 1.165) is 12.5 Å². The lowest BCUT2D eigenvalue weighted by Crippen LogP contribution is -2.19. The molecule has 2 rings (SSSR count). The van der Waals surface area contributed by atoms with E-state index in [9.17, 15) is 0 Å². The highest BCUT2D eigenvalue weighted by atomic mass is 32.1. The van der Waals surface area contributed by atoms with E-state index >= 15 is 0 Å². The first-order valence-corrected chi connectivity index (χ1v) is 7.85. The molecule has 0 bridgehead atoms. The molecule has 0 amide bonds. The van der Waals surface area contributed by atoms with Crippen molar-refractivity contribution in [2.45, 2.75) is 46.1 Å². The van der Waals surface area contributed by atoms with Gasteiger partial charge < -0.3 is 10.2 Å². The summed E-state index contributed by atoms with van der Waals surface area (Å²) in [5.74, 6) is 0.915. The first kappa shape index (κ1) is 13.8. The smallest absolute Gasteiger partial charge is 0.185 e. The van der Waals surface area contributed by atoms with Crippen molar-refractivity contribution >= 4 is 16.5 Å². The second kappa shape index (κ2) is 6.02. The Morgan fingerprint density at radius 3 is 2.83 bits per heavy atom. The Morgan fingerprint density at radius 1 is 1.50 bits per heavy atom. The van der Waals surface area contributed by atoms with E-state index in [1.165, 1.54) is 41.5 Å². The molecule has 1 unspecified atom stereocenters. The van der Waals surface area contributed by atoms with Crippen molar-refractivity contribution in [3.63, 3.8) is 0 Å². The number of nitrogens with zero attached hydrogens (tertiary/aromatic N) is 2. The standard InChI is InChI=1S/C14H25N3S/c1-5-8-15-10(2)13-11(3)16-14(18-13)17(4)9-12-6-7-12/h10,12,15H,5-9H2,1-4H3. The molecule has 1 atom stereocenters. The van der Waals surface area contributed by atoms with Crippen molar-refractivity contribution < 1.29 is 0 Å². The highest BCUT2D eigenvalue weighted by molar-refractivity contribution is 7.15. The van der Waals surface area contributed by atoms with Gasteiger partial charge in [0.2, 0.25) is 0 Å². The molecule has 1 aromatic rings. The van der Waals surface area contributed by atoms with Crippen molar-refractivity contribution in [1.29, 1.82) is 0 Å². The van der Waals surface area contributed by atoms with E-state index in [0.29, 0.717) is 6.04 Å². The summed E-state index contributed by atoms with van der Waals surface area (Å²) >= 11 is 1.85. The Kier molecular flexibility index (Phi) is 4.62. The molecule has 18 heavy (non-hydrogen) atoms. The van der Waals surface area contributed by atoms with Crippen molar-refractivity contribution in [1.82, 2.24) is 10.3 Å². The molecule has 1 aliphatic rings. The summed E-state index contributed by atoms with van der Waals surface area (Å²) in [6, 6.07) is 0.422. The van der Waals surface area contributed by atoms with Gasteiger partial charge >= 0.3 is 0 Å². The zero-order valence-corrected chi connectivity index (χ0v) is 12.8. The Balaban J connectivity index is 2.00. The molecule has 102 valence electrons. The van der Waals surface area contributed by atoms with Gasteiger partial charge in [0.25, 0.3) is 0 Å². The van der Waals surface area contributed by atoms with E-state index in [-0.39, 0.29) is 0 Å². The third-order valence-corrected chi connectivity index (χ3v) is 4.92. The van der Waals surface area contributed by atoms with Gasteiger partial charge in [-0.1, -0.05) is 6.92 Å². The van der Waals surface area contributed by atoms with E-state index in [2.05, 4.69) is 38.0 Å². The Morgan fingerprint density at radius 2 is 2.22 bits per heavy atom. The second-order valence-corrected chi connectivity index (χ2v) is 6.45. The number of hydrogen-bond acceptors (Lipinski definition) is 4. The largest absolute Gasteiger partial charge is 0.351 e. The van der Waals surface area contributed by atoms with Crippen LogP contribution in [-0.4, -0.2) is 25.1 Å². The number of anilines is 1. The lowest BCUT2D eigenvalue weighted by Gasteiger charge is -2.15. The van der Waals surface area contributed by atoms with E-state index < -0.39 is 0 Å². The normalized spacial score (nSPS) is 16.9. The molecule has 4 heteroatoms. The van der Waals surface area contributed by atoms with Crippen LogP contribution in [0.3, 0.4) is 0 Å². The summed E-state index contributed by atoms with van der Waals surface area (Å²) in [5.41, 5.74) is 1.19. The summed E-state index contributed by atoms with van der Waals surface area (Å²) in [6.07, 6.45) is 3.97. The molecule has 1 N–H and O–H groups in total. The van der Waals surface area contributed by atoms with Gasteiger partial charge in [0.05, 0.1) is 5.69 Å². The van der Waals surface area contributed by atoms with E-state index in [1.54, 1.807) is 0 Å². The molecule has 1 fully saturated rings. The van der Waals surface area contributed by atoms with Crippen LogP contribution in [0.4, 0.5) is 5.13 Å². The molecule has 1 saturated carbocycles. The third kappa shape index (κ3) is 3.45. The molecule has 0 saturated heterocycles. The molecule has 0 aromatic carbocycles. The van der Waals surface area contributed by atoms with Crippen LogP contribution in [-0.2, 0) is 0 Å². The van der Waals surface area contributed by atoms with Gasteiger partial charge in [0.1, 0.15) is 0 Å². The molecule has 0 spiro atoms. The van der Waals surface area contributed by atoms with Gasteiger partial charge in [-0.15, -0.1) is 11.3 Å². The minimum atomic E-state index is 0.422. The molecule has 0 aliphatic heterocycles. The Bertz CT molecular complexity index is 384. The van der Waals surface area contributed by atoms with Crippen LogP contribution in [0.25, 0.3) is 0 Å². The fourth-order valence-electron chi connectivity index (χ4n) is 2.18. The molecule has 3 nitrogen and oxygen atoms in total. The lowest BCUT2D eigenvalue weighted by molar-refractivity contribution is 0.575. The predicted octanol–water partition coefficient (Wildman–Crippen LogP) is 3.36. The Labute approximate surface area is 115 Å². The zero-order valence-electron chi connectivity index (χ0n) is 12.0. The van der Waals surface area contributed by atoms with Crippen LogP contribution in [0.2, 0.25) is 0 Å². The summed E-state index contributed by atoms with van der Waals surface area (Å²) in [7, 11) is 2.17. The van der Waals surface area contributed by atoms with Crippen LogP contribution < -0.4 is 10.2 Å². The first-order chi connectivity index (χ1) is 8.61. The average Bonchev–Trinajstić information content (AvgIpc) is 3.06. The number of thiazole rings is 1. The molecular formula is C14H25N3S. The minimum absolute atomic E-state index is 0.422. The van der Waals surface area contributed by atoms with Gasteiger partial charge in [-0.05, 0) is 45.6 Å². The lowest BCUT2D eigenvalue weighted by atomic mass is 10.2. The summed E-state index contributed by atoms with van der Waals surface area (Å²) in [6.45, 7) is 8.81. The van der Waals surface area contributed by atoms with Gasteiger partial charge in [-0.3, -0.25) is 0 Å². The number of nitrogens with one attached hydrogen (secondary N) is 1.